The van der Waals surface area contributed by atoms with Crippen molar-refractivity contribution in [2.75, 3.05) is 26.2 Å². The lowest BCUT2D eigenvalue weighted by atomic mass is 9.86. The highest BCUT2D eigenvalue weighted by atomic mass is 32.2. The van der Waals surface area contributed by atoms with Crippen LogP contribution in [-0.2, 0) is 14.8 Å². The summed E-state index contributed by atoms with van der Waals surface area (Å²) in [7, 11) is -3.60. The van der Waals surface area contributed by atoms with E-state index in [1.54, 1.807) is 18.3 Å². The average Bonchev–Trinajstić information content (AvgIpc) is 3.14. The van der Waals surface area contributed by atoms with Crippen molar-refractivity contribution in [3.05, 3.63) is 24.5 Å². The standard InChI is InChI=1S/C19H26N4O3S/c24-18(13-15-5-2-1-3-6-15)22-9-11-23(12-10-22)27(25,26)17-14-21-19-16(17)7-4-8-20-19/h4,7-8,14-15H,1-3,5-6,9-13H2,(H,20,21). The first-order chi connectivity index (χ1) is 13.1. The van der Waals surface area contributed by atoms with Crippen molar-refractivity contribution >= 4 is 27.0 Å². The van der Waals surface area contributed by atoms with E-state index in [0.717, 1.165) is 12.8 Å². The number of sulfonamides is 1. The second-order valence-electron chi connectivity index (χ2n) is 7.55. The van der Waals surface area contributed by atoms with E-state index in [2.05, 4.69) is 9.97 Å². The fourth-order valence-corrected chi connectivity index (χ4v) is 5.80. The molecule has 0 bridgehead atoms. The summed E-state index contributed by atoms with van der Waals surface area (Å²) in [5.74, 6) is 0.682. The maximum absolute atomic E-state index is 13.0. The number of hydrogen-bond donors (Lipinski definition) is 1. The molecule has 4 rings (SSSR count). The fourth-order valence-electron chi connectivity index (χ4n) is 4.23. The molecule has 1 amide bonds. The number of aromatic nitrogens is 2. The van der Waals surface area contributed by atoms with Crippen LogP contribution < -0.4 is 0 Å². The van der Waals surface area contributed by atoms with E-state index in [1.807, 2.05) is 4.90 Å². The van der Waals surface area contributed by atoms with Gasteiger partial charge in [-0.15, -0.1) is 0 Å². The van der Waals surface area contributed by atoms with Crippen LogP contribution in [0.1, 0.15) is 38.5 Å². The van der Waals surface area contributed by atoms with Crippen molar-refractivity contribution in [3.8, 4) is 0 Å². The Balaban J connectivity index is 1.40. The number of aromatic amines is 1. The van der Waals surface area contributed by atoms with E-state index in [-0.39, 0.29) is 10.8 Å². The van der Waals surface area contributed by atoms with Crippen molar-refractivity contribution in [2.24, 2.45) is 5.92 Å². The van der Waals surface area contributed by atoms with Crippen LogP contribution in [0.4, 0.5) is 0 Å². The Morgan fingerprint density at radius 1 is 1.15 bits per heavy atom. The second kappa shape index (κ2) is 7.59. The minimum Gasteiger partial charge on any atom is -0.345 e. The van der Waals surface area contributed by atoms with Crippen LogP contribution in [0, 0.1) is 5.92 Å². The number of pyridine rings is 1. The van der Waals surface area contributed by atoms with Gasteiger partial charge in [-0.25, -0.2) is 13.4 Å². The lowest BCUT2D eigenvalue weighted by Gasteiger charge is -2.35. The highest BCUT2D eigenvalue weighted by Crippen LogP contribution is 2.28. The highest BCUT2D eigenvalue weighted by molar-refractivity contribution is 7.89. The molecule has 3 heterocycles. The molecule has 0 aromatic carbocycles. The van der Waals surface area contributed by atoms with Crippen LogP contribution in [-0.4, -0.2) is 59.7 Å². The number of carbonyl (C=O) groups is 1. The topological polar surface area (TPSA) is 86.4 Å². The Labute approximate surface area is 159 Å². The molecule has 2 aromatic heterocycles. The third kappa shape index (κ3) is 3.73. The third-order valence-corrected chi connectivity index (χ3v) is 7.75. The summed E-state index contributed by atoms with van der Waals surface area (Å²) in [6.45, 7) is 1.61. The van der Waals surface area contributed by atoms with Gasteiger partial charge in [0.05, 0.1) is 0 Å². The van der Waals surface area contributed by atoms with Crippen molar-refractivity contribution in [2.45, 2.75) is 43.4 Å². The molecule has 1 saturated heterocycles. The molecular weight excluding hydrogens is 364 g/mol. The van der Waals surface area contributed by atoms with Gasteiger partial charge in [-0.1, -0.05) is 19.3 Å². The molecule has 1 aliphatic heterocycles. The van der Waals surface area contributed by atoms with Gasteiger partial charge in [0, 0.05) is 50.4 Å². The van der Waals surface area contributed by atoms with Crippen LogP contribution in [0.5, 0.6) is 0 Å². The second-order valence-corrected chi connectivity index (χ2v) is 9.45. The van der Waals surface area contributed by atoms with Crippen molar-refractivity contribution < 1.29 is 13.2 Å². The number of carbonyl (C=O) groups excluding carboxylic acids is 1. The lowest BCUT2D eigenvalue weighted by molar-refractivity contribution is -0.133. The molecule has 0 radical (unpaired) electrons. The van der Waals surface area contributed by atoms with E-state index >= 15 is 0 Å². The maximum Gasteiger partial charge on any atom is 0.245 e. The predicted octanol–water partition coefficient (Wildman–Crippen LogP) is 2.37. The van der Waals surface area contributed by atoms with Gasteiger partial charge >= 0.3 is 0 Å². The molecule has 0 spiro atoms. The van der Waals surface area contributed by atoms with E-state index < -0.39 is 10.0 Å². The monoisotopic (exact) mass is 390 g/mol. The molecule has 2 aromatic rings. The Hall–Kier alpha value is -1.93. The third-order valence-electron chi connectivity index (χ3n) is 5.81. The maximum atomic E-state index is 13.0. The number of rotatable bonds is 4. The smallest absolute Gasteiger partial charge is 0.245 e. The average molecular weight is 391 g/mol. The molecule has 0 unspecified atom stereocenters. The summed E-state index contributed by atoms with van der Waals surface area (Å²) in [5, 5.41) is 0.605. The zero-order valence-electron chi connectivity index (χ0n) is 15.4. The molecule has 1 aliphatic carbocycles. The molecular formula is C19H26N4O3S. The van der Waals surface area contributed by atoms with Crippen LogP contribution in [0.3, 0.4) is 0 Å². The zero-order chi connectivity index (χ0) is 18.9. The summed E-state index contributed by atoms with van der Waals surface area (Å²) < 4.78 is 27.5. The van der Waals surface area contributed by atoms with Crippen LogP contribution in [0.25, 0.3) is 11.0 Å². The number of amides is 1. The molecule has 146 valence electrons. The van der Waals surface area contributed by atoms with Gasteiger partial charge in [-0.05, 0) is 30.9 Å². The Bertz CT molecular complexity index is 910. The van der Waals surface area contributed by atoms with Crippen LogP contribution in [0.2, 0.25) is 0 Å². The van der Waals surface area contributed by atoms with E-state index in [9.17, 15) is 13.2 Å². The first-order valence-electron chi connectivity index (χ1n) is 9.76. The molecule has 1 N–H and O–H groups in total. The highest BCUT2D eigenvalue weighted by Gasteiger charge is 2.32. The van der Waals surface area contributed by atoms with E-state index in [0.29, 0.717) is 49.6 Å². The minimum atomic E-state index is -3.60. The Kier molecular flexibility index (Phi) is 5.19. The van der Waals surface area contributed by atoms with Gasteiger partial charge < -0.3 is 9.88 Å². The Morgan fingerprint density at radius 3 is 2.63 bits per heavy atom. The van der Waals surface area contributed by atoms with Gasteiger partial charge in [-0.3, -0.25) is 4.79 Å². The molecule has 2 fully saturated rings. The normalized spacial score (nSPS) is 20.2. The summed E-state index contributed by atoms with van der Waals surface area (Å²) in [6, 6.07) is 3.49. The Morgan fingerprint density at radius 2 is 1.89 bits per heavy atom. The van der Waals surface area contributed by atoms with Crippen molar-refractivity contribution in [3.63, 3.8) is 0 Å². The van der Waals surface area contributed by atoms with Gasteiger partial charge in [0.25, 0.3) is 0 Å². The summed E-state index contributed by atoms with van der Waals surface area (Å²) in [4.78, 5) is 21.7. The largest absolute Gasteiger partial charge is 0.345 e. The number of hydrogen-bond acceptors (Lipinski definition) is 4. The van der Waals surface area contributed by atoms with Crippen molar-refractivity contribution in [1.82, 2.24) is 19.2 Å². The lowest BCUT2D eigenvalue weighted by Crippen LogP contribution is -2.50. The summed E-state index contributed by atoms with van der Waals surface area (Å²) in [5.41, 5.74) is 0.567. The number of H-pyrrole nitrogens is 1. The molecule has 27 heavy (non-hydrogen) atoms. The summed E-state index contributed by atoms with van der Waals surface area (Å²) in [6.07, 6.45) is 9.78. The first-order valence-corrected chi connectivity index (χ1v) is 11.2. The van der Waals surface area contributed by atoms with Gasteiger partial charge in [0.15, 0.2) is 0 Å². The van der Waals surface area contributed by atoms with Crippen LogP contribution >= 0.6 is 0 Å². The molecule has 1 saturated carbocycles. The zero-order valence-corrected chi connectivity index (χ0v) is 16.2. The van der Waals surface area contributed by atoms with E-state index in [1.165, 1.54) is 29.8 Å². The summed E-state index contributed by atoms with van der Waals surface area (Å²) >= 11 is 0. The van der Waals surface area contributed by atoms with Crippen LogP contribution in [0.15, 0.2) is 29.4 Å². The van der Waals surface area contributed by atoms with E-state index in [4.69, 9.17) is 0 Å². The molecule has 7 nitrogen and oxygen atoms in total. The fraction of sp³-hybridized carbons (Fsp3) is 0.579. The number of nitrogens with one attached hydrogen (secondary N) is 1. The quantitative estimate of drug-likeness (QED) is 0.868. The van der Waals surface area contributed by atoms with Gasteiger partial charge in [-0.2, -0.15) is 4.31 Å². The van der Waals surface area contributed by atoms with Gasteiger partial charge in [0.1, 0.15) is 10.5 Å². The van der Waals surface area contributed by atoms with Crippen molar-refractivity contribution in [1.29, 1.82) is 0 Å². The van der Waals surface area contributed by atoms with Gasteiger partial charge in [0.2, 0.25) is 15.9 Å². The first kappa shape index (κ1) is 18.4. The minimum absolute atomic E-state index is 0.176. The number of fused-ring (bicyclic) bond motifs is 1. The molecule has 2 aliphatic rings. The molecule has 0 atom stereocenters. The SMILES string of the molecule is O=C(CC1CCCCC1)N1CCN(S(=O)(=O)c2c[nH]c3ncccc23)CC1. The molecule has 8 heteroatoms. The number of nitrogens with zero attached hydrogens (tertiary/aromatic N) is 3. The number of piperazine rings is 1. The predicted molar refractivity (Wildman–Crippen MR) is 103 cm³/mol.